The summed E-state index contributed by atoms with van der Waals surface area (Å²) in [4.78, 5) is 1.98. The fourth-order valence-electron chi connectivity index (χ4n) is 1.77. The third-order valence-electron chi connectivity index (χ3n) is 2.61. The van der Waals surface area contributed by atoms with Gasteiger partial charge in [0, 0.05) is 19.1 Å². The third kappa shape index (κ3) is 1.99. The van der Waals surface area contributed by atoms with Crippen molar-refractivity contribution in [2.45, 2.75) is 12.1 Å². The molecule has 0 bridgehead atoms. The molecule has 1 atom stereocenters. The van der Waals surface area contributed by atoms with Crippen molar-refractivity contribution in [2.75, 3.05) is 13.1 Å². The van der Waals surface area contributed by atoms with E-state index >= 15 is 0 Å². The topological polar surface area (TPSA) is 53.0 Å². The zero-order valence-electron chi connectivity index (χ0n) is 8.23. The molecule has 0 spiro atoms. The van der Waals surface area contributed by atoms with Crippen LogP contribution in [0.3, 0.4) is 0 Å². The molecule has 1 saturated heterocycles. The maximum atomic E-state index is 12.7. The van der Waals surface area contributed by atoms with Gasteiger partial charge in [-0.3, -0.25) is 4.90 Å². The Morgan fingerprint density at radius 2 is 2.00 bits per heavy atom. The predicted octanol–water partition coefficient (Wildman–Crippen LogP) is 1.03. The zero-order valence-corrected chi connectivity index (χ0v) is 8.23. The zero-order chi connectivity index (χ0) is 10.8. The lowest BCUT2D eigenvalue weighted by Crippen LogP contribution is -2.56. The second kappa shape index (κ2) is 3.97. The molecule has 0 aromatic heterocycles. The first-order valence-electron chi connectivity index (χ1n) is 4.85. The Labute approximate surface area is 87.9 Å². The molecule has 1 fully saturated rings. The minimum absolute atomic E-state index is 0.168. The third-order valence-corrected chi connectivity index (χ3v) is 2.61. The second-order valence-electron chi connectivity index (χ2n) is 3.80. The van der Waals surface area contributed by atoms with Gasteiger partial charge in [-0.2, -0.15) is 5.26 Å². The molecule has 78 valence electrons. The Bertz CT molecular complexity index is 376. The second-order valence-corrected chi connectivity index (χ2v) is 3.80. The van der Waals surface area contributed by atoms with Gasteiger partial charge in [-0.25, -0.2) is 4.39 Å². The Morgan fingerprint density at radius 1 is 1.40 bits per heavy atom. The molecule has 0 saturated carbocycles. The monoisotopic (exact) mass is 205 g/mol. The van der Waals surface area contributed by atoms with E-state index < -0.39 is 0 Å². The van der Waals surface area contributed by atoms with Gasteiger partial charge in [0.15, 0.2) is 0 Å². The van der Waals surface area contributed by atoms with Crippen LogP contribution in [-0.4, -0.2) is 24.0 Å². The van der Waals surface area contributed by atoms with Crippen molar-refractivity contribution < 1.29 is 4.39 Å². The average Bonchev–Trinajstić information content (AvgIpc) is 2.19. The lowest BCUT2D eigenvalue weighted by atomic mass is 10.0. The fourth-order valence-corrected chi connectivity index (χ4v) is 1.77. The number of benzene rings is 1. The number of nitrogens with two attached hydrogens (primary N) is 1. The molecular formula is C11H12FN3. The average molecular weight is 205 g/mol. The summed E-state index contributed by atoms with van der Waals surface area (Å²) in [5.41, 5.74) is 6.48. The summed E-state index contributed by atoms with van der Waals surface area (Å²) in [7, 11) is 0. The Hall–Kier alpha value is -1.44. The number of halogens is 1. The molecule has 1 aromatic carbocycles. The first-order chi connectivity index (χ1) is 7.20. The SMILES string of the molecule is N#CC(c1ccc(F)cc1)N1CC(N)C1. The largest absolute Gasteiger partial charge is 0.325 e. The van der Waals surface area contributed by atoms with Gasteiger partial charge in [-0.1, -0.05) is 12.1 Å². The molecule has 3 nitrogen and oxygen atoms in total. The lowest BCUT2D eigenvalue weighted by molar-refractivity contribution is 0.121. The summed E-state index contributed by atoms with van der Waals surface area (Å²) in [5, 5.41) is 9.04. The first-order valence-corrected chi connectivity index (χ1v) is 4.85. The summed E-state index contributed by atoms with van der Waals surface area (Å²) in [6.45, 7) is 1.46. The number of hydrogen-bond donors (Lipinski definition) is 1. The van der Waals surface area contributed by atoms with Crippen LogP contribution in [0.25, 0.3) is 0 Å². The summed E-state index contributed by atoms with van der Waals surface area (Å²) in [6.07, 6.45) is 0. The van der Waals surface area contributed by atoms with Crippen molar-refractivity contribution in [1.29, 1.82) is 5.26 Å². The molecule has 0 radical (unpaired) electrons. The Balaban J connectivity index is 2.14. The number of likely N-dealkylation sites (tertiary alicyclic amines) is 1. The predicted molar refractivity (Wildman–Crippen MR) is 54.3 cm³/mol. The van der Waals surface area contributed by atoms with Gasteiger partial charge < -0.3 is 5.73 Å². The van der Waals surface area contributed by atoms with Crippen LogP contribution in [-0.2, 0) is 0 Å². The Morgan fingerprint density at radius 3 is 2.47 bits per heavy atom. The molecule has 2 N–H and O–H groups in total. The highest BCUT2D eigenvalue weighted by Gasteiger charge is 2.30. The summed E-state index contributed by atoms with van der Waals surface area (Å²) in [5.74, 6) is -0.282. The normalized spacial score (nSPS) is 19.3. The summed E-state index contributed by atoms with van der Waals surface area (Å²) in [6, 6.07) is 8.12. The van der Waals surface area contributed by atoms with E-state index in [1.165, 1.54) is 12.1 Å². The van der Waals surface area contributed by atoms with E-state index in [0.717, 1.165) is 18.7 Å². The molecule has 15 heavy (non-hydrogen) atoms. The molecule has 1 aliphatic rings. The van der Waals surface area contributed by atoms with Crippen molar-refractivity contribution in [3.8, 4) is 6.07 Å². The summed E-state index contributed by atoms with van der Waals surface area (Å²) < 4.78 is 12.7. The molecule has 1 unspecified atom stereocenters. The van der Waals surface area contributed by atoms with Crippen molar-refractivity contribution in [1.82, 2.24) is 4.90 Å². The smallest absolute Gasteiger partial charge is 0.123 e. The van der Waals surface area contributed by atoms with Gasteiger partial charge >= 0.3 is 0 Å². The van der Waals surface area contributed by atoms with E-state index in [-0.39, 0.29) is 17.9 Å². The molecular weight excluding hydrogens is 193 g/mol. The van der Waals surface area contributed by atoms with Crippen LogP contribution in [0.5, 0.6) is 0 Å². The van der Waals surface area contributed by atoms with Crippen molar-refractivity contribution in [3.63, 3.8) is 0 Å². The van der Waals surface area contributed by atoms with Gasteiger partial charge in [0.2, 0.25) is 0 Å². The highest BCUT2D eigenvalue weighted by atomic mass is 19.1. The highest BCUT2D eigenvalue weighted by Crippen LogP contribution is 2.24. The van der Waals surface area contributed by atoms with E-state index in [1.54, 1.807) is 12.1 Å². The van der Waals surface area contributed by atoms with Crippen LogP contribution in [0.4, 0.5) is 4.39 Å². The number of rotatable bonds is 2. The van der Waals surface area contributed by atoms with Crippen molar-refractivity contribution >= 4 is 0 Å². The highest BCUT2D eigenvalue weighted by molar-refractivity contribution is 5.25. The van der Waals surface area contributed by atoms with Crippen LogP contribution in [0.2, 0.25) is 0 Å². The molecule has 0 aliphatic carbocycles. The summed E-state index contributed by atoms with van der Waals surface area (Å²) >= 11 is 0. The van der Waals surface area contributed by atoms with Gasteiger partial charge in [0.05, 0.1) is 6.07 Å². The van der Waals surface area contributed by atoms with E-state index in [9.17, 15) is 4.39 Å². The van der Waals surface area contributed by atoms with Gasteiger partial charge in [-0.15, -0.1) is 0 Å². The van der Waals surface area contributed by atoms with Crippen molar-refractivity contribution in [3.05, 3.63) is 35.6 Å². The molecule has 1 heterocycles. The van der Waals surface area contributed by atoms with E-state index in [0.29, 0.717) is 0 Å². The van der Waals surface area contributed by atoms with Crippen molar-refractivity contribution in [2.24, 2.45) is 5.73 Å². The van der Waals surface area contributed by atoms with Gasteiger partial charge in [0.1, 0.15) is 11.9 Å². The minimum Gasteiger partial charge on any atom is -0.325 e. The van der Waals surface area contributed by atoms with Crippen LogP contribution >= 0.6 is 0 Å². The molecule has 1 aromatic rings. The quantitative estimate of drug-likeness (QED) is 0.784. The molecule has 2 rings (SSSR count). The van der Waals surface area contributed by atoms with Crippen LogP contribution in [0.15, 0.2) is 24.3 Å². The Kier molecular flexibility index (Phi) is 2.67. The van der Waals surface area contributed by atoms with Crippen LogP contribution in [0, 0.1) is 17.1 Å². The number of hydrogen-bond acceptors (Lipinski definition) is 3. The number of nitrogens with zero attached hydrogens (tertiary/aromatic N) is 2. The van der Waals surface area contributed by atoms with Crippen LogP contribution < -0.4 is 5.73 Å². The minimum atomic E-state index is -0.301. The maximum absolute atomic E-state index is 12.7. The number of nitriles is 1. The molecule has 1 aliphatic heterocycles. The fraction of sp³-hybridized carbons (Fsp3) is 0.364. The van der Waals surface area contributed by atoms with Gasteiger partial charge in [0.25, 0.3) is 0 Å². The van der Waals surface area contributed by atoms with E-state index in [1.807, 2.05) is 4.90 Å². The van der Waals surface area contributed by atoms with Gasteiger partial charge in [-0.05, 0) is 17.7 Å². The first kappa shape index (κ1) is 10.1. The maximum Gasteiger partial charge on any atom is 0.123 e. The molecule has 0 amide bonds. The van der Waals surface area contributed by atoms with E-state index in [4.69, 9.17) is 11.0 Å². The lowest BCUT2D eigenvalue weighted by Gasteiger charge is -2.39. The van der Waals surface area contributed by atoms with E-state index in [2.05, 4.69) is 6.07 Å². The standard InChI is InChI=1S/C11H12FN3/c12-9-3-1-8(2-4-9)11(5-13)15-6-10(14)7-15/h1-4,10-11H,6-7,14H2. The molecule has 4 heteroatoms. The van der Waals surface area contributed by atoms with Crippen LogP contribution in [0.1, 0.15) is 11.6 Å².